The molecule has 3 N–H and O–H groups in total. The lowest BCUT2D eigenvalue weighted by Gasteiger charge is -2.11. The highest BCUT2D eigenvalue weighted by Gasteiger charge is 2.12. The molecule has 1 atom stereocenters. The molecule has 0 aliphatic carbocycles. The molecule has 1 aromatic rings. The van der Waals surface area contributed by atoms with Crippen molar-refractivity contribution in [1.29, 1.82) is 0 Å². The van der Waals surface area contributed by atoms with E-state index in [1.807, 2.05) is 6.92 Å². The fraction of sp³-hybridized carbons (Fsp3) is 0.556. The van der Waals surface area contributed by atoms with Gasteiger partial charge in [0.2, 0.25) is 0 Å². The highest BCUT2D eigenvalue weighted by molar-refractivity contribution is 7.09. The van der Waals surface area contributed by atoms with Gasteiger partial charge in [-0.15, -0.1) is 11.3 Å². The molecular weight excluding hydrogens is 214 g/mol. The zero-order valence-corrected chi connectivity index (χ0v) is 9.63. The third-order valence-electron chi connectivity index (χ3n) is 1.75. The summed E-state index contributed by atoms with van der Waals surface area (Å²) in [6, 6.07) is -0.0227. The zero-order valence-electron chi connectivity index (χ0n) is 8.82. The van der Waals surface area contributed by atoms with Crippen molar-refractivity contribution in [2.75, 3.05) is 13.7 Å². The number of rotatable bonds is 5. The van der Waals surface area contributed by atoms with Gasteiger partial charge in [0.25, 0.3) is 5.91 Å². The minimum Gasteiger partial charge on any atom is -0.383 e. The lowest BCUT2D eigenvalue weighted by Crippen LogP contribution is -2.35. The van der Waals surface area contributed by atoms with Crippen LogP contribution in [0.4, 0.5) is 0 Å². The van der Waals surface area contributed by atoms with Crippen LogP contribution in [0.3, 0.4) is 0 Å². The first-order valence-electron chi connectivity index (χ1n) is 4.61. The van der Waals surface area contributed by atoms with Crippen LogP contribution in [0, 0.1) is 0 Å². The Morgan fingerprint density at radius 1 is 1.80 bits per heavy atom. The second-order valence-corrected chi connectivity index (χ2v) is 4.10. The molecule has 1 rings (SSSR count). The number of methoxy groups -OCH3 is 1. The number of carbonyl (C=O) groups excluding carboxylic acids is 1. The quantitative estimate of drug-likeness (QED) is 0.764. The number of ether oxygens (including phenoxy) is 1. The highest BCUT2D eigenvalue weighted by Crippen LogP contribution is 2.08. The smallest absolute Gasteiger partial charge is 0.271 e. The average molecular weight is 229 g/mol. The number of carbonyl (C=O) groups is 1. The van der Waals surface area contributed by atoms with E-state index in [2.05, 4.69) is 10.3 Å². The molecule has 0 bridgehead atoms. The molecule has 84 valence electrons. The second-order valence-electron chi connectivity index (χ2n) is 3.16. The molecule has 0 saturated heterocycles. The third-order valence-corrected chi connectivity index (χ3v) is 2.62. The number of nitrogens with two attached hydrogens (primary N) is 1. The number of aromatic nitrogens is 1. The van der Waals surface area contributed by atoms with E-state index >= 15 is 0 Å². The van der Waals surface area contributed by atoms with Gasteiger partial charge in [-0.2, -0.15) is 0 Å². The molecule has 1 amide bonds. The summed E-state index contributed by atoms with van der Waals surface area (Å²) in [6.45, 7) is 2.73. The van der Waals surface area contributed by atoms with Crippen molar-refractivity contribution >= 4 is 17.2 Å². The van der Waals surface area contributed by atoms with Crippen molar-refractivity contribution < 1.29 is 9.53 Å². The number of nitrogens with zero attached hydrogens (tertiary/aromatic N) is 1. The van der Waals surface area contributed by atoms with Crippen molar-refractivity contribution in [3.8, 4) is 0 Å². The Hall–Kier alpha value is -0.980. The zero-order chi connectivity index (χ0) is 11.3. The topological polar surface area (TPSA) is 77.2 Å². The molecule has 1 heterocycles. The molecular formula is C9H15N3O2S. The summed E-state index contributed by atoms with van der Waals surface area (Å²) in [5.41, 5.74) is 5.83. The van der Waals surface area contributed by atoms with Gasteiger partial charge in [-0.3, -0.25) is 4.79 Å². The predicted molar refractivity (Wildman–Crippen MR) is 58.8 cm³/mol. The predicted octanol–water partition coefficient (Wildman–Crippen LogP) is 0.366. The SMILES string of the molecule is COCC(C)NC(=O)c1csc(CN)n1. The van der Waals surface area contributed by atoms with Crippen molar-refractivity contribution in [2.24, 2.45) is 5.73 Å². The fourth-order valence-electron chi connectivity index (χ4n) is 1.10. The molecule has 6 heteroatoms. The Morgan fingerprint density at radius 3 is 3.07 bits per heavy atom. The molecule has 15 heavy (non-hydrogen) atoms. The lowest BCUT2D eigenvalue weighted by molar-refractivity contribution is 0.0901. The van der Waals surface area contributed by atoms with Crippen LogP contribution in [0.2, 0.25) is 0 Å². The number of amides is 1. The van der Waals surface area contributed by atoms with Gasteiger partial charge in [-0.25, -0.2) is 4.98 Å². The summed E-state index contributed by atoms with van der Waals surface area (Å²) in [5, 5.41) is 5.24. The fourth-order valence-corrected chi connectivity index (χ4v) is 1.75. The van der Waals surface area contributed by atoms with E-state index < -0.39 is 0 Å². The van der Waals surface area contributed by atoms with Crippen LogP contribution in [0.15, 0.2) is 5.38 Å². The van der Waals surface area contributed by atoms with E-state index in [0.29, 0.717) is 18.8 Å². The second kappa shape index (κ2) is 5.79. The first-order valence-corrected chi connectivity index (χ1v) is 5.49. The number of hydrogen-bond donors (Lipinski definition) is 2. The molecule has 0 aliphatic heterocycles. The first-order chi connectivity index (χ1) is 7.17. The molecule has 0 aromatic carbocycles. The van der Waals surface area contributed by atoms with Gasteiger partial charge in [0.15, 0.2) is 0 Å². The van der Waals surface area contributed by atoms with Crippen LogP contribution in [-0.2, 0) is 11.3 Å². The van der Waals surface area contributed by atoms with E-state index in [0.717, 1.165) is 5.01 Å². The Morgan fingerprint density at radius 2 is 2.53 bits per heavy atom. The number of nitrogens with one attached hydrogen (secondary N) is 1. The van der Waals surface area contributed by atoms with Crippen LogP contribution >= 0.6 is 11.3 Å². The Balaban J connectivity index is 2.53. The summed E-state index contributed by atoms with van der Waals surface area (Å²) in [4.78, 5) is 15.7. The molecule has 0 aliphatic rings. The summed E-state index contributed by atoms with van der Waals surface area (Å²) in [5.74, 6) is -0.185. The largest absolute Gasteiger partial charge is 0.383 e. The molecule has 0 spiro atoms. The summed E-state index contributed by atoms with van der Waals surface area (Å²) < 4.78 is 4.91. The van der Waals surface area contributed by atoms with Crippen LogP contribution in [0.5, 0.6) is 0 Å². The van der Waals surface area contributed by atoms with Gasteiger partial charge in [-0.1, -0.05) is 0 Å². The van der Waals surface area contributed by atoms with Gasteiger partial charge in [0.1, 0.15) is 10.7 Å². The minimum atomic E-state index is -0.185. The Kier molecular flexibility index (Phi) is 4.67. The molecule has 0 fully saturated rings. The third kappa shape index (κ3) is 3.58. The van der Waals surface area contributed by atoms with Crippen molar-refractivity contribution in [2.45, 2.75) is 19.5 Å². The van der Waals surface area contributed by atoms with E-state index in [9.17, 15) is 4.79 Å². The molecule has 1 aromatic heterocycles. The van der Waals surface area contributed by atoms with Crippen LogP contribution in [0.1, 0.15) is 22.4 Å². The van der Waals surface area contributed by atoms with Gasteiger partial charge in [0, 0.05) is 25.1 Å². The van der Waals surface area contributed by atoms with Crippen LogP contribution in [0.25, 0.3) is 0 Å². The maximum Gasteiger partial charge on any atom is 0.271 e. The van der Waals surface area contributed by atoms with Crippen molar-refractivity contribution in [3.05, 3.63) is 16.1 Å². The Bertz CT molecular complexity index is 327. The maximum absolute atomic E-state index is 11.6. The van der Waals surface area contributed by atoms with Gasteiger partial charge in [0.05, 0.1) is 6.61 Å². The van der Waals surface area contributed by atoms with E-state index in [4.69, 9.17) is 10.5 Å². The van der Waals surface area contributed by atoms with Crippen LogP contribution < -0.4 is 11.1 Å². The summed E-state index contributed by atoms with van der Waals surface area (Å²) in [6.07, 6.45) is 0. The summed E-state index contributed by atoms with van der Waals surface area (Å²) >= 11 is 1.39. The van der Waals surface area contributed by atoms with Crippen molar-refractivity contribution in [3.63, 3.8) is 0 Å². The van der Waals surface area contributed by atoms with E-state index in [1.165, 1.54) is 11.3 Å². The van der Waals surface area contributed by atoms with E-state index in [-0.39, 0.29) is 11.9 Å². The first kappa shape index (κ1) is 12.1. The van der Waals surface area contributed by atoms with Gasteiger partial charge >= 0.3 is 0 Å². The number of hydrogen-bond acceptors (Lipinski definition) is 5. The maximum atomic E-state index is 11.6. The standard InChI is InChI=1S/C9H15N3O2S/c1-6(4-14-2)11-9(13)7-5-15-8(3-10)12-7/h5-6H,3-4,10H2,1-2H3,(H,11,13). The van der Waals surface area contributed by atoms with E-state index in [1.54, 1.807) is 12.5 Å². The molecule has 0 saturated carbocycles. The minimum absolute atomic E-state index is 0.0227. The lowest BCUT2D eigenvalue weighted by atomic mass is 10.3. The summed E-state index contributed by atoms with van der Waals surface area (Å²) in [7, 11) is 1.60. The molecule has 5 nitrogen and oxygen atoms in total. The van der Waals surface area contributed by atoms with Crippen molar-refractivity contribution in [1.82, 2.24) is 10.3 Å². The van der Waals surface area contributed by atoms with Gasteiger partial charge < -0.3 is 15.8 Å². The average Bonchev–Trinajstić information content (AvgIpc) is 2.66. The van der Waals surface area contributed by atoms with Crippen LogP contribution in [-0.4, -0.2) is 30.6 Å². The Labute approximate surface area is 92.6 Å². The van der Waals surface area contributed by atoms with Gasteiger partial charge in [-0.05, 0) is 6.92 Å². The highest BCUT2D eigenvalue weighted by atomic mass is 32.1. The molecule has 1 unspecified atom stereocenters. The number of thiazole rings is 1. The monoisotopic (exact) mass is 229 g/mol. The molecule has 0 radical (unpaired) electrons. The normalized spacial score (nSPS) is 12.5.